The second kappa shape index (κ2) is 12.5. The maximum absolute atomic E-state index is 15.5. The second-order valence-corrected chi connectivity index (χ2v) is 15.7. The lowest BCUT2D eigenvalue weighted by molar-refractivity contribution is 0.0137. The van der Waals surface area contributed by atoms with E-state index in [1.165, 1.54) is 25.1 Å². The van der Waals surface area contributed by atoms with Gasteiger partial charge in [0.1, 0.15) is 35.1 Å². The first-order chi connectivity index (χ1) is 19.7. The third kappa shape index (κ3) is 7.89. The number of carbonyl (C=O) groups excluding carboxylic acids is 2. The number of rotatable bonds is 5. The lowest BCUT2D eigenvalue weighted by Gasteiger charge is -2.43. The molecule has 0 bridgehead atoms. The van der Waals surface area contributed by atoms with Gasteiger partial charge in [0.25, 0.3) is 0 Å². The van der Waals surface area contributed by atoms with E-state index in [1.807, 2.05) is 0 Å². The molecule has 2 atom stereocenters. The van der Waals surface area contributed by atoms with Crippen LogP contribution in [0.25, 0.3) is 6.08 Å². The van der Waals surface area contributed by atoms with E-state index in [1.54, 1.807) is 78.0 Å². The number of alkyl halides is 1. The summed E-state index contributed by atoms with van der Waals surface area (Å²) in [6.07, 6.45) is -0.109. The highest BCUT2D eigenvalue weighted by molar-refractivity contribution is 9.10. The zero-order valence-corrected chi connectivity index (χ0v) is 27.7. The molecule has 1 heterocycles. The minimum atomic E-state index is -4.62. The van der Waals surface area contributed by atoms with Gasteiger partial charge in [-0.25, -0.2) is 26.8 Å². The number of allylic oxidation sites excluding steroid dienone is 1. The van der Waals surface area contributed by atoms with E-state index in [-0.39, 0.29) is 5.56 Å². The normalized spacial score (nSPS) is 22.1. The number of imide groups is 1. The number of amides is 2. The average molecular weight is 684 g/mol. The number of halogens is 3. The molecule has 234 valence electrons. The number of benzene rings is 2. The van der Waals surface area contributed by atoms with Crippen LogP contribution in [0.15, 0.2) is 64.1 Å². The summed E-state index contributed by atoms with van der Waals surface area (Å²) in [6.45, 7) is 9.07. The van der Waals surface area contributed by atoms with Crippen molar-refractivity contribution >= 4 is 49.9 Å². The third-order valence-corrected chi connectivity index (χ3v) is 9.56. The highest BCUT2D eigenvalue weighted by atomic mass is 79.9. The molecule has 0 radical (unpaired) electrons. The number of ether oxygens (including phenoxy) is 2. The summed E-state index contributed by atoms with van der Waals surface area (Å²) in [5.41, 5.74) is -3.58. The number of hydrogen-bond donors (Lipinski definition) is 0. The summed E-state index contributed by atoms with van der Waals surface area (Å²) >= 11 is 3.27. The topological polar surface area (TPSA) is 102 Å². The molecule has 0 fully saturated rings. The van der Waals surface area contributed by atoms with Crippen LogP contribution in [-0.2, 0) is 24.8 Å². The fourth-order valence-electron chi connectivity index (χ4n) is 4.54. The van der Waals surface area contributed by atoms with Crippen molar-refractivity contribution in [2.45, 2.75) is 76.4 Å². The van der Waals surface area contributed by atoms with Crippen molar-refractivity contribution in [2.24, 2.45) is 4.99 Å². The number of sulfone groups is 1. The molecule has 0 spiro atoms. The van der Waals surface area contributed by atoms with Gasteiger partial charge in [-0.2, -0.15) is 4.90 Å². The Balaban J connectivity index is 2.37. The van der Waals surface area contributed by atoms with Crippen LogP contribution in [0.5, 0.6) is 0 Å². The van der Waals surface area contributed by atoms with E-state index in [0.29, 0.717) is 14.9 Å². The molecular weight excluding hydrogens is 646 g/mol. The largest absolute Gasteiger partial charge is 0.443 e. The van der Waals surface area contributed by atoms with Gasteiger partial charge in [-0.05, 0) is 78.6 Å². The lowest BCUT2D eigenvalue weighted by atomic mass is 9.92. The Hall–Kier alpha value is -3.12. The van der Waals surface area contributed by atoms with Crippen LogP contribution in [0.3, 0.4) is 0 Å². The molecule has 0 N–H and O–H groups in total. The minimum absolute atomic E-state index is 0.136. The summed E-state index contributed by atoms with van der Waals surface area (Å²) < 4.78 is 68.1. The molecular formula is C31H37BrF2N2O6S. The monoisotopic (exact) mass is 682 g/mol. The van der Waals surface area contributed by atoms with E-state index in [9.17, 15) is 18.0 Å². The number of carbonyl (C=O) groups is 2. The van der Waals surface area contributed by atoms with E-state index >= 15 is 8.78 Å². The molecule has 12 heteroatoms. The summed E-state index contributed by atoms with van der Waals surface area (Å²) in [5, 5.41) is 0. The molecule has 8 nitrogen and oxygen atoms in total. The molecule has 2 aromatic rings. The summed E-state index contributed by atoms with van der Waals surface area (Å²) in [4.78, 5) is 32.2. The van der Waals surface area contributed by atoms with Gasteiger partial charge in [0.05, 0.1) is 5.75 Å². The van der Waals surface area contributed by atoms with Gasteiger partial charge in [-0.3, -0.25) is 4.99 Å². The van der Waals surface area contributed by atoms with Gasteiger partial charge in [-0.15, -0.1) is 0 Å². The SMILES string of the molecule is CC(C)(C)OC(=O)N(C(=O)OC(C)(C)C)C1=N[C@](C)(c2cc(Br)ccc2F)CS(=O)(=O)[C@]1(CF)C/C=C/c1ccccc1. The van der Waals surface area contributed by atoms with Gasteiger partial charge < -0.3 is 9.47 Å². The molecule has 2 aromatic carbocycles. The fraction of sp³-hybridized carbons (Fsp3) is 0.452. The van der Waals surface area contributed by atoms with Crippen LogP contribution in [0.4, 0.5) is 18.4 Å². The molecule has 0 saturated carbocycles. The number of hydrogen-bond acceptors (Lipinski definition) is 7. The number of amidine groups is 1. The Morgan fingerprint density at radius 2 is 1.58 bits per heavy atom. The van der Waals surface area contributed by atoms with Crippen molar-refractivity contribution < 1.29 is 36.3 Å². The molecule has 0 saturated heterocycles. The van der Waals surface area contributed by atoms with Crippen molar-refractivity contribution in [3.63, 3.8) is 0 Å². The molecule has 43 heavy (non-hydrogen) atoms. The lowest BCUT2D eigenvalue weighted by Crippen LogP contribution is -2.64. The van der Waals surface area contributed by atoms with Crippen LogP contribution >= 0.6 is 15.9 Å². The van der Waals surface area contributed by atoms with Crippen molar-refractivity contribution in [1.82, 2.24) is 4.90 Å². The standard InChI is InChI=1S/C31H37BrF2N2O6S/c1-28(2,3)41-26(37)36(27(38)42-29(4,5)6)25-31(19-33,17-11-14-21-12-9-8-10-13-21)43(39,40)20-30(7,35-25)23-18-22(32)15-16-24(23)34/h8-16,18H,17,19-20H2,1-7H3/b14-11+/t30-,31-/m0/s1. The van der Waals surface area contributed by atoms with Gasteiger partial charge in [0.2, 0.25) is 0 Å². The summed E-state index contributed by atoms with van der Waals surface area (Å²) in [5.74, 6) is -2.35. The first-order valence-corrected chi connectivity index (χ1v) is 16.0. The predicted molar refractivity (Wildman–Crippen MR) is 166 cm³/mol. The average Bonchev–Trinajstić information content (AvgIpc) is 2.85. The smallest absolute Gasteiger partial charge is 0.425 e. The molecule has 0 aliphatic carbocycles. The van der Waals surface area contributed by atoms with Gasteiger partial charge in [0, 0.05) is 10.0 Å². The Morgan fingerprint density at radius 3 is 2.09 bits per heavy atom. The molecule has 0 aromatic heterocycles. The minimum Gasteiger partial charge on any atom is -0.443 e. The Kier molecular flexibility index (Phi) is 9.97. The maximum Gasteiger partial charge on any atom is 0.425 e. The van der Waals surface area contributed by atoms with E-state index in [0.717, 1.165) is 6.07 Å². The second-order valence-electron chi connectivity index (χ2n) is 12.5. The van der Waals surface area contributed by atoms with Crippen LogP contribution in [0.2, 0.25) is 0 Å². The van der Waals surface area contributed by atoms with E-state index in [4.69, 9.17) is 9.47 Å². The van der Waals surface area contributed by atoms with Crippen molar-refractivity contribution in [3.8, 4) is 0 Å². The fourth-order valence-corrected chi connectivity index (χ4v) is 7.07. The zero-order valence-electron chi connectivity index (χ0n) is 25.3. The number of nitrogens with zero attached hydrogens (tertiary/aromatic N) is 2. The third-order valence-electron chi connectivity index (χ3n) is 6.47. The summed E-state index contributed by atoms with van der Waals surface area (Å²) in [7, 11) is -4.62. The zero-order chi connectivity index (χ0) is 32.4. The van der Waals surface area contributed by atoms with E-state index < -0.39 is 74.0 Å². The predicted octanol–water partition coefficient (Wildman–Crippen LogP) is 7.61. The van der Waals surface area contributed by atoms with Crippen molar-refractivity contribution in [1.29, 1.82) is 0 Å². The first kappa shape index (κ1) is 34.4. The van der Waals surface area contributed by atoms with Gasteiger partial charge in [0.15, 0.2) is 14.6 Å². The summed E-state index contributed by atoms with van der Waals surface area (Å²) in [6, 6.07) is 12.8. The van der Waals surface area contributed by atoms with Crippen molar-refractivity contribution in [2.75, 3.05) is 12.4 Å². The maximum atomic E-state index is 15.5. The Morgan fingerprint density at radius 1 is 1.02 bits per heavy atom. The van der Waals surface area contributed by atoms with Crippen LogP contribution in [-0.4, -0.2) is 59.7 Å². The number of aliphatic imine (C=N–C) groups is 1. The van der Waals surface area contributed by atoms with Gasteiger partial charge in [-0.1, -0.05) is 58.4 Å². The molecule has 2 amide bonds. The van der Waals surface area contributed by atoms with Crippen LogP contribution in [0, 0.1) is 5.82 Å². The molecule has 1 aliphatic rings. The molecule has 1 aliphatic heterocycles. The molecule has 3 rings (SSSR count). The quantitative estimate of drug-likeness (QED) is 0.322. The van der Waals surface area contributed by atoms with Crippen LogP contribution in [0.1, 0.15) is 66.0 Å². The first-order valence-electron chi connectivity index (χ1n) is 13.6. The molecule has 0 unspecified atom stereocenters. The van der Waals surface area contributed by atoms with Crippen molar-refractivity contribution in [3.05, 3.63) is 76.0 Å². The Bertz CT molecular complexity index is 1510. The van der Waals surface area contributed by atoms with Crippen LogP contribution < -0.4 is 0 Å². The highest BCUT2D eigenvalue weighted by Crippen LogP contribution is 2.43. The Labute approximate surface area is 260 Å². The highest BCUT2D eigenvalue weighted by Gasteiger charge is 2.59. The van der Waals surface area contributed by atoms with E-state index in [2.05, 4.69) is 20.9 Å². The van der Waals surface area contributed by atoms with Gasteiger partial charge >= 0.3 is 12.2 Å².